The van der Waals surface area contributed by atoms with E-state index in [1.54, 1.807) is 7.11 Å². The van der Waals surface area contributed by atoms with Gasteiger partial charge in [0.1, 0.15) is 11.6 Å². The van der Waals surface area contributed by atoms with Gasteiger partial charge in [-0.3, -0.25) is 0 Å². The highest BCUT2D eigenvalue weighted by Gasteiger charge is 2.20. The zero-order chi connectivity index (χ0) is 18.2. The second-order valence-corrected chi connectivity index (χ2v) is 6.14. The van der Waals surface area contributed by atoms with Gasteiger partial charge in [0.25, 0.3) is 0 Å². The van der Waals surface area contributed by atoms with Crippen LogP contribution in [0.15, 0.2) is 53.7 Å². The maximum Gasteiger partial charge on any atom is 0.194 e. The Hall–Kier alpha value is -2.03. The molecule has 1 N–H and O–H groups in total. The Morgan fingerprint density at radius 2 is 1.85 bits per heavy atom. The number of rotatable bonds is 5. The van der Waals surface area contributed by atoms with Crippen molar-refractivity contribution in [1.29, 1.82) is 0 Å². The zero-order valence-corrected chi connectivity index (χ0v) is 18.3. The first kappa shape index (κ1) is 21.3. The number of anilines is 1. The number of nitrogens with zero attached hydrogens (tertiary/aromatic N) is 4. The molecule has 2 aromatic rings. The molecule has 0 bridgehead atoms. The number of piperazine rings is 1. The predicted molar refractivity (Wildman–Crippen MR) is 121 cm³/mol. The Morgan fingerprint density at radius 1 is 1.11 bits per heavy atom. The third-order valence-electron chi connectivity index (χ3n) is 4.48. The third-order valence-corrected chi connectivity index (χ3v) is 4.48. The normalized spacial score (nSPS) is 14.5. The standard InChI is InChI=1S/C20H27N5O.HI/c1-3-21-20(23-16-17-8-4-5-9-18(17)26-2)25-14-12-24(13-15-25)19-10-6-7-11-22-19;/h4-11H,3,12-16H2,1-2H3,(H,21,23);1H. The summed E-state index contributed by atoms with van der Waals surface area (Å²) < 4.78 is 5.43. The predicted octanol–water partition coefficient (Wildman–Crippen LogP) is 3.00. The van der Waals surface area contributed by atoms with Gasteiger partial charge in [-0.2, -0.15) is 0 Å². The van der Waals surface area contributed by atoms with Crippen LogP contribution in [0.3, 0.4) is 0 Å². The molecule has 0 radical (unpaired) electrons. The summed E-state index contributed by atoms with van der Waals surface area (Å²) in [6.45, 7) is 7.29. The van der Waals surface area contributed by atoms with E-state index in [2.05, 4.69) is 39.2 Å². The second kappa shape index (κ2) is 11.0. The molecular weight excluding hydrogens is 453 g/mol. The second-order valence-electron chi connectivity index (χ2n) is 6.14. The molecule has 1 aromatic heterocycles. The number of para-hydroxylation sites is 1. The molecule has 1 aromatic carbocycles. The lowest BCUT2D eigenvalue weighted by Crippen LogP contribution is -2.52. The number of benzene rings is 1. The van der Waals surface area contributed by atoms with E-state index >= 15 is 0 Å². The highest BCUT2D eigenvalue weighted by molar-refractivity contribution is 14.0. The van der Waals surface area contributed by atoms with Gasteiger partial charge in [0.15, 0.2) is 5.96 Å². The quantitative estimate of drug-likeness (QED) is 0.405. The molecule has 0 unspecified atom stereocenters. The van der Waals surface area contributed by atoms with Crippen molar-refractivity contribution in [3.05, 3.63) is 54.2 Å². The maximum absolute atomic E-state index is 5.43. The Balaban J connectivity index is 0.00000261. The fourth-order valence-corrected chi connectivity index (χ4v) is 3.11. The van der Waals surface area contributed by atoms with Crippen LogP contribution in [-0.2, 0) is 6.54 Å². The van der Waals surface area contributed by atoms with Crippen molar-refractivity contribution in [2.75, 3.05) is 44.7 Å². The first-order valence-electron chi connectivity index (χ1n) is 9.13. The minimum absolute atomic E-state index is 0. The van der Waals surface area contributed by atoms with Gasteiger partial charge in [0, 0.05) is 44.5 Å². The van der Waals surface area contributed by atoms with Crippen LogP contribution >= 0.6 is 24.0 Å². The molecule has 1 fully saturated rings. The lowest BCUT2D eigenvalue weighted by Gasteiger charge is -2.37. The number of aromatic nitrogens is 1. The molecule has 1 aliphatic rings. The number of guanidine groups is 1. The summed E-state index contributed by atoms with van der Waals surface area (Å²) in [5, 5.41) is 3.42. The minimum atomic E-state index is 0. The van der Waals surface area contributed by atoms with E-state index in [0.29, 0.717) is 6.54 Å². The van der Waals surface area contributed by atoms with Crippen LogP contribution < -0.4 is 15.0 Å². The van der Waals surface area contributed by atoms with Gasteiger partial charge in [0.2, 0.25) is 0 Å². The Bertz CT molecular complexity index is 717. The fraction of sp³-hybridized carbons (Fsp3) is 0.400. The molecule has 0 saturated carbocycles. The molecule has 3 rings (SSSR count). The van der Waals surface area contributed by atoms with Gasteiger partial charge in [-0.1, -0.05) is 24.3 Å². The van der Waals surface area contributed by atoms with Crippen LogP contribution in [0.1, 0.15) is 12.5 Å². The number of ether oxygens (including phenoxy) is 1. The summed E-state index contributed by atoms with van der Waals surface area (Å²) in [5.74, 6) is 2.88. The number of nitrogens with one attached hydrogen (secondary N) is 1. The summed E-state index contributed by atoms with van der Waals surface area (Å²) in [4.78, 5) is 13.9. The van der Waals surface area contributed by atoms with Crippen molar-refractivity contribution in [3.63, 3.8) is 0 Å². The Morgan fingerprint density at radius 3 is 2.52 bits per heavy atom. The monoisotopic (exact) mass is 481 g/mol. The fourth-order valence-electron chi connectivity index (χ4n) is 3.11. The van der Waals surface area contributed by atoms with E-state index in [1.807, 2.05) is 36.5 Å². The highest BCUT2D eigenvalue weighted by atomic mass is 127. The first-order valence-corrected chi connectivity index (χ1v) is 9.13. The largest absolute Gasteiger partial charge is 0.496 e. The molecule has 0 spiro atoms. The van der Waals surface area contributed by atoms with E-state index in [-0.39, 0.29) is 24.0 Å². The van der Waals surface area contributed by atoms with Crippen LogP contribution in [0.4, 0.5) is 5.82 Å². The molecule has 2 heterocycles. The molecule has 1 saturated heterocycles. The van der Waals surface area contributed by atoms with E-state index in [0.717, 1.165) is 55.8 Å². The highest BCUT2D eigenvalue weighted by Crippen LogP contribution is 2.18. The molecule has 6 nitrogen and oxygen atoms in total. The SMILES string of the molecule is CCNC(=NCc1ccccc1OC)N1CCN(c2ccccn2)CC1.I. The van der Waals surface area contributed by atoms with Gasteiger partial charge in [0.05, 0.1) is 13.7 Å². The van der Waals surface area contributed by atoms with Crippen molar-refractivity contribution in [1.82, 2.24) is 15.2 Å². The van der Waals surface area contributed by atoms with Crippen LogP contribution in [0.25, 0.3) is 0 Å². The maximum atomic E-state index is 5.43. The average Bonchev–Trinajstić information content (AvgIpc) is 2.72. The van der Waals surface area contributed by atoms with Gasteiger partial charge in [-0.25, -0.2) is 9.98 Å². The van der Waals surface area contributed by atoms with Crippen LogP contribution in [0.5, 0.6) is 5.75 Å². The van der Waals surface area contributed by atoms with E-state index < -0.39 is 0 Å². The Kier molecular flexibility index (Phi) is 8.63. The average molecular weight is 481 g/mol. The number of pyridine rings is 1. The third kappa shape index (κ3) is 5.72. The van der Waals surface area contributed by atoms with E-state index in [9.17, 15) is 0 Å². The van der Waals surface area contributed by atoms with Crippen molar-refractivity contribution in [3.8, 4) is 5.75 Å². The molecule has 146 valence electrons. The molecular formula is C20H28IN5O. The summed E-state index contributed by atoms with van der Waals surface area (Å²) in [6, 6.07) is 14.1. The summed E-state index contributed by atoms with van der Waals surface area (Å²) in [7, 11) is 1.70. The van der Waals surface area contributed by atoms with Crippen LogP contribution in [0, 0.1) is 0 Å². The van der Waals surface area contributed by atoms with Crippen LogP contribution in [0.2, 0.25) is 0 Å². The molecule has 27 heavy (non-hydrogen) atoms. The molecule has 0 aliphatic carbocycles. The Labute approximate surface area is 178 Å². The lowest BCUT2D eigenvalue weighted by molar-refractivity contribution is 0.371. The number of methoxy groups -OCH3 is 1. The van der Waals surface area contributed by atoms with Crippen molar-refractivity contribution >= 4 is 35.8 Å². The number of hydrogen-bond donors (Lipinski definition) is 1. The molecule has 7 heteroatoms. The summed E-state index contributed by atoms with van der Waals surface area (Å²) in [5.41, 5.74) is 1.09. The van der Waals surface area contributed by atoms with Gasteiger partial charge in [-0.15, -0.1) is 24.0 Å². The van der Waals surface area contributed by atoms with Crippen molar-refractivity contribution < 1.29 is 4.74 Å². The molecule has 0 amide bonds. The van der Waals surface area contributed by atoms with Gasteiger partial charge >= 0.3 is 0 Å². The number of hydrogen-bond acceptors (Lipinski definition) is 4. The van der Waals surface area contributed by atoms with Crippen molar-refractivity contribution in [2.45, 2.75) is 13.5 Å². The minimum Gasteiger partial charge on any atom is -0.496 e. The first-order chi connectivity index (χ1) is 12.8. The van der Waals surface area contributed by atoms with E-state index in [1.165, 1.54) is 0 Å². The lowest BCUT2D eigenvalue weighted by atomic mass is 10.2. The zero-order valence-electron chi connectivity index (χ0n) is 16.0. The topological polar surface area (TPSA) is 53.0 Å². The summed E-state index contributed by atoms with van der Waals surface area (Å²) in [6.07, 6.45) is 1.85. The van der Waals surface area contributed by atoms with Crippen molar-refractivity contribution in [2.24, 2.45) is 4.99 Å². The smallest absolute Gasteiger partial charge is 0.194 e. The molecule has 0 atom stereocenters. The van der Waals surface area contributed by atoms with Crippen LogP contribution in [-0.4, -0.2) is 55.7 Å². The number of halogens is 1. The van der Waals surface area contributed by atoms with E-state index in [4.69, 9.17) is 9.73 Å². The van der Waals surface area contributed by atoms with Gasteiger partial charge < -0.3 is 19.9 Å². The van der Waals surface area contributed by atoms with Gasteiger partial charge in [-0.05, 0) is 25.1 Å². The number of aliphatic imine (C=N–C) groups is 1. The molecule has 1 aliphatic heterocycles. The summed E-state index contributed by atoms with van der Waals surface area (Å²) >= 11 is 0.